The quantitative estimate of drug-likeness (QED) is 0.674. The Hall–Kier alpha value is -0.200. The van der Waals surface area contributed by atoms with Crippen molar-refractivity contribution in [3.05, 3.63) is 40.7 Å². The zero-order valence-electron chi connectivity index (χ0n) is 8.39. The lowest BCUT2D eigenvalue weighted by atomic mass is 9.95. The van der Waals surface area contributed by atoms with Crippen LogP contribution < -0.4 is 0 Å². The van der Waals surface area contributed by atoms with E-state index in [1.165, 1.54) is 12.8 Å². The third kappa shape index (κ3) is 2.90. The second-order valence-electron chi connectivity index (χ2n) is 3.48. The highest BCUT2D eigenvalue weighted by atomic mass is 35.5. The van der Waals surface area contributed by atoms with Crippen molar-refractivity contribution in [2.45, 2.75) is 32.1 Å². The Balaban J connectivity index is 2.79. The van der Waals surface area contributed by atoms with E-state index < -0.39 is 0 Å². The van der Waals surface area contributed by atoms with Crippen LogP contribution in [-0.4, -0.2) is 0 Å². The lowest BCUT2D eigenvalue weighted by molar-refractivity contribution is 0.661. The van der Waals surface area contributed by atoms with Gasteiger partial charge in [0.2, 0.25) is 0 Å². The molecule has 2 heteroatoms. The average molecular weight is 230 g/mol. The van der Waals surface area contributed by atoms with Gasteiger partial charge < -0.3 is 0 Å². The van der Waals surface area contributed by atoms with E-state index in [0.29, 0.717) is 10.0 Å². The molecule has 1 aromatic rings. The number of hydrogen-bond donors (Lipinski definition) is 0. The van der Waals surface area contributed by atoms with Crippen LogP contribution in [0.25, 0.3) is 0 Å². The first-order valence-corrected chi connectivity index (χ1v) is 5.69. The zero-order chi connectivity index (χ0) is 10.6. The molecule has 1 unspecified atom stereocenters. The van der Waals surface area contributed by atoms with Gasteiger partial charge in [0.1, 0.15) is 0 Å². The molecule has 1 radical (unpaired) electrons. The molecule has 0 amide bonds. The number of halogens is 2. The molecule has 0 heterocycles. The van der Waals surface area contributed by atoms with Gasteiger partial charge >= 0.3 is 0 Å². The molecular weight excluding hydrogens is 215 g/mol. The van der Waals surface area contributed by atoms with Crippen LogP contribution in [0.15, 0.2) is 18.2 Å². The number of rotatable bonds is 4. The van der Waals surface area contributed by atoms with Crippen molar-refractivity contribution in [2.75, 3.05) is 0 Å². The summed E-state index contributed by atoms with van der Waals surface area (Å²) in [5.41, 5.74) is 1.06. The predicted octanol–water partition coefficient (Wildman–Crippen LogP) is 5.10. The third-order valence-electron chi connectivity index (χ3n) is 2.33. The summed E-state index contributed by atoms with van der Waals surface area (Å²) >= 11 is 12.0. The largest absolute Gasteiger partial charge is 0.0827 e. The predicted molar refractivity (Wildman–Crippen MR) is 64.1 cm³/mol. The van der Waals surface area contributed by atoms with Crippen LogP contribution in [-0.2, 0) is 0 Å². The minimum Gasteiger partial charge on any atom is -0.0827 e. The summed E-state index contributed by atoms with van der Waals surface area (Å²) in [5, 5.41) is 1.28. The number of unbranched alkanes of at least 4 members (excludes halogenated alkanes) is 1. The molecule has 0 spiro atoms. The highest BCUT2D eigenvalue weighted by Gasteiger charge is 2.10. The van der Waals surface area contributed by atoms with Crippen LogP contribution >= 0.6 is 23.2 Å². The first-order chi connectivity index (χ1) is 6.66. The van der Waals surface area contributed by atoms with Gasteiger partial charge in [-0.15, -0.1) is 0 Å². The van der Waals surface area contributed by atoms with E-state index in [0.717, 1.165) is 12.0 Å². The Morgan fingerprint density at radius 3 is 2.71 bits per heavy atom. The van der Waals surface area contributed by atoms with E-state index >= 15 is 0 Å². The van der Waals surface area contributed by atoms with Gasteiger partial charge in [0.25, 0.3) is 0 Å². The number of benzene rings is 1. The smallest absolute Gasteiger partial charge is 0.0627 e. The Labute approximate surface area is 96.2 Å². The molecule has 0 aliphatic heterocycles. The molecule has 77 valence electrons. The Bertz CT molecular complexity index is 294. The Morgan fingerprint density at radius 1 is 1.36 bits per heavy atom. The highest BCUT2D eigenvalue weighted by Crippen LogP contribution is 2.32. The van der Waals surface area contributed by atoms with E-state index in [1.54, 1.807) is 6.07 Å². The minimum absolute atomic E-state index is 0.251. The average Bonchev–Trinajstić information content (AvgIpc) is 2.18. The van der Waals surface area contributed by atoms with Gasteiger partial charge in [-0.25, -0.2) is 0 Å². The van der Waals surface area contributed by atoms with E-state index in [4.69, 9.17) is 23.2 Å². The Kier molecular flexibility index (Phi) is 4.77. The van der Waals surface area contributed by atoms with Gasteiger partial charge in [0, 0.05) is 0 Å². The van der Waals surface area contributed by atoms with Crippen molar-refractivity contribution < 1.29 is 0 Å². The first-order valence-electron chi connectivity index (χ1n) is 4.93. The third-order valence-corrected chi connectivity index (χ3v) is 3.16. The lowest BCUT2D eigenvalue weighted by Crippen LogP contribution is -1.95. The number of hydrogen-bond acceptors (Lipinski definition) is 0. The van der Waals surface area contributed by atoms with Crippen LogP contribution in [0.4, 0.5) is 0 Å². The first kappa shape index (κ1) is 11.9. The van der Waals surface area contributed by atoms with E-state index in [9.17, 15) is 0 Å². The molecule has 0 saturated heterocycles. The second-order valence-corrected chi connectivity index (χ2v) is 4.27. The van der Waals surface area contributed by atoms with Gasteiger partial charge in [-0.3, -0.25) is 0 Å². The monoisotopic (exact) mass is 229 g/mol. The fraction of sp³-hybridized carbons (Fsp3) is 0.417. The molecule has 1 atom stereocenters. The van der Waals surface area contributed by atoms with Crippen LogP contribution in [0.1, 0.15) is 37.7 Å². The second kappa shape index (κ2) is 5.63. The topological polar surface area (TPSA) is 0 Å². The summed E-state index contributed by atoms with van der Waals surface area (Å²) in [6.07, 6.45) is 3.43. The van der Waals surface area contributed by atoms with Crippen LogP contribution in [0.3, 0.4) is 0 Å². The van der Waals surface area contributed by atoms with Crippen LogP contribution in [0.2, 0.25) is 10.0 Å². The van der Waals surface area contributed by atoms with Gasteiger partial charge in [0.05, 0.1) is 10.0 Å². The summed E-state index contributed by atoms with van der Waals surface area (Å²) in [7, 11) is 0. The maximum Gasteiger partial charge on any atom is 0.0627 e. The van der Waals surface area contributed by atoms with Crippen molar-refractivity contribution in [3.63, 3.8) is 0 Å². The van der Waals surface area contributed by atoms with Crippen molar-refractivity contribution in [1.82, 2.24) is 0 Å². The van der Waals surface area contributed by atoms with Crippen molar-refractivity contribution in [2.24, 2.45) is 0 Å². The van der Waals surface area contributed by atoms with Gasteiger partial charge in [-0.1, -0.05) is 55.1 Å². The fourth-order valence-electron chi connectivity index (χ4n) is 1.44. The standard InChI is InChI=1S/C12H15Cl2/c1-3-4-6-9(2)10-7-5-8-11(13)12(10)14/h5,7-9H,2-4,6H2,1H3. The molecule has 0 N–H and O–H groups in total. The molecule has 0 aromatic heterocycles. The molecular formula is C12H15Cl2. The highest BCUT2D eigenvalue weighted by molar-refractivity contribution is 6.42. The van der Waals surface area contributed by atoms with E-state index in [-0.39, 0.29) is 5.92 Å². The van der Waals surface area contributed by atoms with Gasteiger partial charge in [-0.2, -0.15) is 0 Å². The SMILES string of the molecule is [CH2]C(CCCC)c1cccc(Cl)c1Cl. The van der Waals surface area contributed by atoms with E-state index in [1.807, 2.05) is 12.1 Å². The maximum atomic E-state index is 6.10. The molecule has 1 aromatic carbocycles. The van der Waals surface area contributed by atoms with Gasteiger partial charge in [0.15, 0.2) is 0 Å². The molecule has 0 aliphatic carbocycles. The summed E-state index contributed by atoms with van der Waals surface area (Å²) in [5.74, 6) is 0.251. The summed E-state index contributed by atoms with van der Waals surface area (Å²) in [6, 6.07) is 5.73. The van der Waals surface area contributed by atoms with E-state index in [2.05, 4.69) is 13.8 Å². The summed E-state index contributed by atoms with van der Waals surface area (Å²) in [4.78, 5) is 0. The van der Waals surface area contributed by atoms with Crippen LogP contribution in [0, 0.1) is 6.92 Å². The molecule has 0 nitrogen and oxygen atoms in total. The normalized spacial score (nSPS) is 12.9. The summed E-state index contributed by atoms with van der Waals surface area (Å²) < 4.78 is 0. The van der Waals surface area contributed by atoms with Crippen molar-refractivity contribution in [1.29, 1.82) is 0 Å². The maximum absolute atomic E-state index is 6.10. The lowest BCUT2D eigenvalue weighted by Gasteiger charge is -2.13. The Morgan fingerprint density at radius 2 is 2.07 bits per heavy atom. The van der Waals surface area contributed by atoms with Gasteiger partial charge in [-0.05, 0) is 30.9 Å². The van der Waals surface area contributed by atoms with Crippen molar-refractivity contribution >= 4 is 23.2 Å². The fourth-order valence-corrected chi connectivity index (χ4v) is 1.90. The molecule has 0 bridgehead atoms. The molecule has 0 aliphatic rings. The summed E-state index contributed by atoms with van der Waals surface area (Å²) in [6.45, 7) is 6.28. The molecule has 0 saturated carbocycles. The molecule has 1 rings (SSSR count). The molecule has 14 heavy (non-hydrogen) atoms. The molecule has 0 fully saturated rings. The van der Waals surface area contributed by atoms with Crippen LogP contribution in [0.5, 0.6) is 0 Å². The zero-order valence-corrected chi connectivity index (χ0v) is 9.91. The minimum atomic E-state index is 0.251. The van der Waals surface area contributed by atoms with Crippen molar-refractivity contribution in [3.8, 4) is 0 Å².